The summed E-state index contributed by atoms with van der Waals surface area (Å²) in [5.74, 6) is -15.3. The standard InChI is InChI=1S/C21H13ClF3N3O2S.C21H22FN3O2S.C20H10ClF4N3OS.C20H12F4N4O2S/c1-30-18-14(3-2-8-26-18)21-28(20(29)17-15(24)9-13(23)10-16(17)25)27-19(31-21)11-4-6-12(22)7-5-11;1-27-18-17(8-5-13-23-18)21-25(20(26)15-6-3-2-4-7-15)24-19(28-21)14-9-11-16(22)12-10-14;21-17-13(2-1-7-26-17)20-28(19(29)16-14(24)8-12(23)9-15(16)25)27-18(30-20)10-3-5-11(22)6-4-10;1-30-17-12(3-2-6-25-17)20-28(19(29)16-13(23)7-11(22)8-14(16)24)27-18(31-20)15-5-4-10(21)9-26-15/h2-10,21H,1H3;5,8-13,15,21H,2-4,6-7H2,1H3;1-9,20H;2-9,20H,1H3. The number of hydrogen-bond donors (Lipinski definition) is 0. The summed E-state index contributed by atoms with van der Waals surface area (Å²) in [6, 6.07) is 36.7. The number of amides is 4. The normalized spacial score (nSPS) is 16.8. The van der Waals surface area contributed by atoms with E-state index in [1.807, 2.05) is 12.1 Å². The summed E-state index contributed by atoms with van der Waals surface area (Å²) < 4.78 is 181. The smallest absolute Gasteiger partial charge is 0.281 e. The van der Waals surface area contributed by atoms with E-state index in [-0.39, 0.29) is 50.7 Å². The van der Waals surface area contributed by atoms with E-state index in [1.165, 1.54) is 105 Å². The molecule has 16 rings (SSSR count). The van der Waals surface area contributed by atoms with Crippen LogP contribution in [-0.4, -0.2) is 110 Å². The Hall–Kier alpha value is -11.8. The van der Waals surface area contributed by atoms with Crippen molar-refractivity contribution in [2.45, 2.75) is 53.6 Å². The van der Waals surface area contributed by atoms with Gasteiger partial charge in [-0.25, -0.2) is 92.7 Å². The van der Waals surface area contributed by atoms with Crippen LogP contribution in [0.15, 0.2) is 221 Å². The molecule has 20 nitrogen and oxygen atoms in total. The van der Waals surface area contributed by atoms with Gasteiger partial charge in [0, 0.05) is 111 Å². The first-order valence-corrected chi connectivity index (χ1v) is 39.8. The Morgan fingerprint density at radius 2 is 0.675 bits per heavy atom. The number of benzene rings is 6. The highest BCUT2D eigenvalue weighted by Gasteiger charge is 2.44. The monoisotopic (exact) mass is 1760 g/mol. The first-order valence-electron chi connectivity index (χ1n) is 35.5. The van der Waals surface area contributed by atoms with Crippen molar-refractivity contribution in [1.29, 1.82) is 0 Å². The summed E-state index contributed by atoms with van der Waals surface area (Å²) in [6.07, 6.45) is 12.2. The van der Waals surface area contributed by atoms with E-state index in [0.29, 0.717) is 90.2 Å². The molecule has 0 radical (unpaired) electrons. The predicted octanol–water partition coefficient (Wildman–Crippen LogP) is 20.0. The molecule has 4 aliphatic heterocycles. The molecule has 120 heavy (non-hydrogen) atoms. The second-order valence-corrected chi connectivity index (χ2v) is 30.8. The minimum atomic E-state index is -1.37. The van der Waals surface area contributed by atoms with E-state index in [1.54, 1.807) is 91.1 Å². The summed E-state index contributed by atoms with van der Waals surface area (Å²) in [7, 11) is 4.36. The summed E-state index contributed by atoms with van der Waals surface area (Å²) in [6.45, 7) is 0. The van der Waals surface area contributed by atoms with Gasteiger partial charge in [-0.2, -0.15) is 20.4 Å². The van der Waals surface area contributed by atoms with Crippen LogP contribution >= 0.6 is 70.2 Å². The molecule has 9 heterocycles. The average molecular weight is 1760 g/mol. The van der Waals surface area contributed by atoms with Gasteiger partial charge in [-0.15, -0.1) is 0 Å². The Balaban J connectivity index is 0.000000138. The molecule has 1 aliphatic carbocycles. The van der Waals surface area contributed by atoms with E-state index < -0.39 is 115 Å². The summed E-state index contributed by atoms with van der Waals surface area (Å²) in [5, 5.41) is 20.7. The Kier molecular flexibility index (Phi) is 27.6. The lowest BCUT2D eigenvalue weighted by Crippen LogP contribution is -2.33. The number of hydrazone groups is 4. The number of halogens is 14. The topological polar surface area (TPSA) is 223 Å². The van der Waals surface area contributed by atoms with Gasteiger partial charge in [-0.3, -0.25) is 24.2 Å². The van der Waals surface area contributed by atoms with Crippen LogP contribution in [0.1, 0.15) is 129 Å². The van der Waals surface area contributed by atoms with Crippen LogP contribution in [0.5, 0.6) is 17.6 Å². The van der Waals surface area contributed by atoms with Gasteiger partial charge < -0.3 is 14.2 Å². The fourth-order valence-corrected chi connectivity index (χ4v) is 17.5. The molecule has 5 aromatic heterocycles. The van der Waals surface area contributed by atoms with E-state index in [2.05, 4.69) is 45.3 Å². The molecule has 0 N–H and O–H groups in total. The van der Waals surface area contributed by atoms with Crippen LogP contribution in [0.4, 0.5) is 52.7 Å². The van der Waals surface area contributed by atoms with Gasteiger partial charge in [-0.1, -0.05) is 108 Å². The summed E-state index contributed by atoms with van der Waals surface area (Å²) in [4.78, 5) is 72.9. The van der Waals surface area contributed by atoms with E-state index in [4.69, 9.17) is 37.4 Å². The molecular weight excluding hydrogens is 1710 g/mol. The molecule has 0 bridgehead atoms. The molecule has 11 aromatic rings. The molecule has 4 atom stereocenters. The second-order valence-electron chi connectivity index (χ2n) is 25.8. The number of carbonyl (C=O) groups excluding carboxylic acids is 4. The van der Waals surface area contributed by atoms with Crippen LogP contribution in [0.2, 0.25) is 10.2 Å². The fourth-order valence-electron chi connectivity index (χ4n) is 12.5. The van der Waals surface area contributed by atoms with E-state index in [0.717, 1.165) is 87.6 Å². The molecule has 4 unspecified atom stereocenters. The van der Waals surface area contributed by atoms with Crippen LogP contribution < -0.4 is 14.2 Å². The third-order valence-electron chi connectivity index (χ3n) is 18.1. The van der Waals surface area contributed by atoms with Gasteiger partial charge in [0.05, 0.1) is 33.2 Å². The Morgan fingerprint density at radius 3 is 1.03 bits per heavy atom. The van der Waals surface area contributed by atoms with Crippen molar-refractivity contribution in [3.63, 3.8) is 0 Å². The number of ether oxygens (including phenoxy) is 3. The van der Waals surface area contributed by atoms with Gasteiger partial charge in [0.1, 0.15) is 133 Å². The molecule has 6 aromatic carbocycles. The second kappa shape index (κ2) is 38.5. The molecule has 5 aliphatic rings. The highest BCUT2D eigenvalue weighted by molar-refractivity contribution is 8.15. The summed E-state index contributed by atoms with van der Waals surface area (Å²) in [5.41, 5.74) is 1.40. The quantitative estimate of drug-likeness (QED) is 0.0687. The molecule has 0 saturated heterocycles. The number of rotatable bonds is 15. The average Bonchev–Trinajstić information content (AvgIpc) is 1.59. The minimum Gasteiger partial charge on any atom is -0.481 e. The summed E-state index contributed by atoms with van der Waals surface area (Å²) >= 11 is 16.8. The van der Waals surface area contributed by atoms with Gasteiger partial charge in [-0.05, 0) is 128 Å². The minimum absolute atomic E-state index is 0.00386. The van der Waals surface area contributed by atoms with Gasteiger partial charge in [0.2, 0.25) is 23.5 Å². The SMILES string of the molecule is COc1ncccc1C1SC(c2ccc(Cl)cc2)=NN1C(=O)c1c(F)cc(F)cc1F.COc1ncccc1C1SC(c2ccc(F)cc2)=NN1C(=O)C1CCCCC1.COc1ncccc1C1SC(c2ccc(F)cn2)=NN1C(=O)c1c(F)cc(F)cc1F.O=C(c1c(F)cc(F)cc1F)N1N=C(c2ccc(F)cc2)SC1c1cccnc1Cl. The Bertz CT molecular complexity index is 5590. The van der Waals surface area contributed by atoms with Crippen molar-refractivity contribution in [3.8, 4) is 17.6 Å². The number of nitrogens with zero attached hydrogens (tertiary/aromatic N) is 13. The van der Waals surface area contributed by atoms with Crippen molar-refractivity contribution in [2.75, 3.05) is 21.3 Å². The lowest BCUT2D eigenvalue weighted by Gasteiger charge is -2.28. The highest BCUT2D eigenvalue weighted by atomic mass is 35.5. The Labute approximate surface area is 701 Å². The number of methoxy groups -OCH3 is 3. The van der Waals surface area contributed by atoms with Gasteiger partial charge in [0.15, 0.2) is 0 Å². The molecule has 38 heteroatoms. The first kappa shape index (κ1) is 86.0. The van der Waals surface area contributed by atoms with Crippen molar-refractivity contribution < 1.29 is 86.1 Å². The molecule has 4 amide bonds. The van der Waals surface area contributed by atoms with Crippen molar-refractivity contribution in [1.82, 2.24) is 45.0 Å². The maximum atomic E-state index is 14.3. The maximum Gasteiger partial charge on any atom is 0.281 e. The molecule has 1 fully saturated rings. The predicted molar refractivity (Wildman–Crippen MR) is 428 cm³/mol. The van der Waals surface area contributed by atoms with E-state index >= 15 is 0 Å². The third-order valence-corrected chi connectivity index (χ3v) is 23.5. The van der Waals surface area contributed by atoms with Gasteiger partial charge in [0.25, 0.3) is 17.7 Å². The fraction of sp³-hybridized carbons (Fsp3) is 0.159. The highest BCUT2D eigenvalue weighted by Crippen LogP contribution is 2.50. The zero-order valence-corrected chi connectivity index (χ0v) is 66.8. The number of carbonyl (C=O) groups is 4. The van der Waals surface area contributed by atoms with Crippen molar-refractivity contribution in [3.05, 3.63) is 342 Å². The molecule has 0 spiro atoms. The number of hydrogen-bond acceptors (Lipinski definition) is 20. The van der Waals surface area contributed by atoms with Crippen LogP contribution in [0.3, 0.4) is 0 Å². The van der Waals surface area contributed by atoms with E-state index in [9.17, 15) is 71.9 Å². The zero-order chi connectivity index (χ0) is 85.2. The zero-order valence-electron chi connectivity index (χ0n) is 62.1. The van der Waals surface area contributed by atoms with Crippen LogP contribution in [-0.2, 0) is 4.79 Å². The molecular formula is C82H57Cl2F12N13O7S4. The number of thioether (sulfide) groups is 4. The largest absolute Gasteiger partial charge is 0.481 e. The third kappa shape index (κ3) is 19.4. The van der Waals surface area contributed by atoms with Crippen molar-refractivity contribution >= 4 is 114 Å². The number of aromatic nitrogens is 5. The Morgan fingerprint density at radius 1 is 0.358 bits per heavy atom. The maximum absolute atomic E-state index is 14.3. The lowest BCUT2D eigenvalue weighted by atomic mass is 9.88. The van der Waals surface area contributed by atoms with Crippen LogP contribution in [0, 0.1) is 75.7 Å². The van der Waals surface area contributed by atoms with Gasteiger partial charge >= 0.3 is 0 Å². The lowest BCUT2D eigenvalue weighted by molar-refractivity contribution is -0.137. The molecule has 1 saturated carbocycles. The molecule has 614 valence electrons. The first-order chi connectivity index (χ1) is 57.8. The van der Waals surface area contributed by atoms with Crippen LogP contribution in [0.25, 0.3) is 0 Å². The number of pyridine rings is 5. The van der Waals surface area contributed by atoms with Crippen molar-refractivity contribution in [2.24, 2.45) is 26.3 Å².